The molecule has 0 bridgehead atoms. The molecule has 4 atom stereocenters. The minimum absolute atomic E-state index is 0.523. The molecule has 2 rings (SSSR count). The number of amides is 1. The number of benzene rings is 1. The van der Waals surface area contributed by atoms with Crippen LogP contribution in [0.4, 0.5) is 5.69 Å². The molecule has 1 fully saturated rings. The molecule has 7 heteroatoms. The van der Waals surface area contributed by atoms with Crippen molar-refractivity contribution in [2.24, 2.45) is 23.5 Å². The lowest BCUT2D eigenvalue weighted by Crippen LogP contribution is -2.34. The Morgan fingerprint density at radius 3 is 2.20 bits per heavy atom. The molecular formula is C13H14N2O5. The number of nitrogens with one attached hydrogen (secondary N) is 1. The minimum Gasteiger partial charge on any atom is -0.481 e. The Labute approximate surface area is 114 Å². The van der Waals surface area contributed by atoms with Gasteiger partial charge in [-0.15, -0.1) is 0 Å². The summed E-state index contributed by atoms with van der Waals surface area (Å²) in [5.74, 6) is -5.89. The molecule has 0 saturated heterocycles. The Balaban J connectivity index is 2.09. The lowest BCUT2D eigenvalue weighted by atomic mass is 10.1. The first-order chi connectivity index (χ1) is 9.43. The highest BCUT2D eigenvalue weighted by Crippen LogP contribution is 2.49. The number of carbonyl (C=O) groups is 3. The average molecular weight is 278 g/mol. The maximum atomic E-state index is 12.0. The van der Waals surface area contributed by atoms with Gasteiger partial charge in [-0.3, -0.25) is 14.4 Å². The fourth-order valence-electron chi connectivity index (χ4n) is 2.35. The maximum Gasteiger partial charge on any atom is 0.320 e. The number of carbonyl (C=O) groups excluding carboxylic acids is 1. The quantitative estimate of drug-likeness (QED) is 0.599. The van der Waals surface area contributed by atoms with E-state index in [-0.39, 0.29) is 0 Å². The number of hydrogen-bond donors (Lipinski definition) is 4. The first kappa shape index (κ1) is 14.0. The van der Waals surface area contributed by atoms with Gasteiger partial charge in [0.1, 0.15) is 6.04 Å². The summed E-state index contributed by atoms with van der Waals surface area (Å²) in [4.78, 5) is 33.9. The van der Waals surface area contributed by atoms with E-state index < -0.39 is 41.6 Å². The van der Waals surface area contributed by atoms with Crippen LogP contribution in [-0.2, 0) is 14.4 Å². The third-order valence-corrected chi connectivity index (χ3v) is 3.40. The Morgan fingerprint density at radius 2 is 1.70 bits per heavy atom. The number of para-hydroxylation sites is 1. The number of hydrogen-bond acceptors (Lipinski definition) is 4. The van der Waals surface area contributed by atoms with Crippen molar-refractivity contribution in [1.82, 2.24) is 0 Å². The molecule has 0 radical (unpaired) electrons. The van der Waals surface area contributed by atoms with Gasteiger partial charge >= 0.3 is 11.9 Å². The second-order valence-corrected chi connectivity index (χ2v) is 4.69. The van der Waals surface area contributed by atoms with E-state index in [1.165, 1.54) is 0 Å². The molecular weight excluding hydrogens is 264 g/mol. The second kappa shape index (κ2) is 5.30. The van der Waals surface area contributed by atoms with E-state index in [0.29, 0.717) is 5.69 Å². The molecule has 7 nitrogen and oxygen atoms in total. The highest BCUT2D eigenvalue weighted by atomic mass is 16.4. The number of anilines is 1. The molecule has 0 spiro atoms. The van der Waals surface area contributed by atoms with E-state index in [4.69, 9.17) is 15.9 Å². The van der Waals surface area contributed by atoms with Crippen LogP contribution in [0.2, 0.25) is 0 Å². The Hall–Kier alpha value is -2.41. The van der Waals surface area contributed by atoms with Crippen LogP contribution in [0.25, 0.3) is 0 Å². The molecule has 5 N–H and O–H groups in total. The van der Waals surface area contributed by atoms with Crippen molar-refractivity contribution in [3.8, 4) is 0 Å². The van der Waals surface area contributed by atoms with E-state index in [9.17, 15) is 14.4 Å². The van der Waals surface area contributed by atoms with Gasteiger partial charge in [-0.05, 0) is 12.1 Å². The van der Waals surface area contributed by atoms with Crippen molar-refractivity contribution in [1.29, 1.82) is 0 Å². The Bertz CT molecular complexity index is 545. The number of carboxylic acid groups (broad SMARTS) is 2. The zero-order valence-electron chi connectivity index (χ0n) is 10.4. The van der Waals surface area contributed by atoms with Crippen molar-refractivity contribution < 1.29 is 24.6 Å². The first-order valence-corrected chi connectivity index (χ1v) is 6.00. The van der Waals surface area contributed by atoms with E-state index in [0.717, 1.165) is 0 Å². The zero-order chi connectivity index (χ0) is 14.9. The maximum absolute atomic E-state index is 12.0. The number of nitrogens with two attached hydrogens (primary N) is 1. The van der Waals surface area contributed by atoms with Crippen molar-refractivity contribution in [3.63, 3.8) is 0 Å². The Morgan fingerprint density at radius 1 is 1.10 bits per heavy atom. The normalized spacial score (nSPS) is 25.6. The molecule has 1 aliphatic rings. The third-order valence-electron chi connectivity index (χ3n) is 3.40. The molecule has 0 aromatic heterocycles. The van der Waals surface area contributed by atoms with Gasteiger partial charge in [-0.2, -0.15) is 0 Å². The van der Waals surface area contributed by atoms with Crippen molar-refractivity contribution in [2.45, 2.75) is 6.04 Å². The molecule has 20 heavy (non-hydrogen) atoms. The topological polar surface area (TPSA) is 130 Å². The summed E-state index contributed by atoms with van der Waals surface area (Å²) >= 11 is 0. The monoisotopic (exact) mass is 278 g/mol. The molecule has 1 aromatic rings. The van der Waals surface area contributed by atoms with Gasteiger partial charge in [0.05, 0.1) is 11.8 Å². The van der Waals surface area contributed by atoms with Crippen molar-refractivity contribution in [3.05, 3.63) is 30.3 Å². The highest BCUT2D eigenvalue weighted by Gasteiger charge is 2.63. The standard InChI is InChI=1S/C13H14N2O5/c14-10(13(19)20)7-8(9(7)12(17)18)11(16)15-6-4-2-1-3-5-6/h1-5,7-10H,14H2,(H,15,16)(H,17,18)(H,19,20)/t7-,8+,9+,10?/m0/s1. The molecule has 1 aromatic carbocycles. The lowest BCUT2D eigenvalue weighted by Gasteiger charge is -2.06. The summed E-state index contributed by atoms with van der Waals surface area (Å²) in [6.07, 6.45) is 0. The SMILES string of the molecule is NC(C(=O)O)[C@@H]1[C@@H](C(=O)O)[C@@H]1C(=O)Nc1ccccc1. The number of carboxylic acids is 2. The minimum atomic E-state index is -1.36. The lowest BCUT2D eigenvalue weighted by molar-refractivity contribution is -0.140. The summed E-state index contributed by atoms with van der Waals surface area (Å²) in [5.41, 5.74) is 5.95. The third kappa shape index (κ3) is 2.62. The van der Waals surface area contributed by atoms with Crippen LogP contribution < -0.4 is 11.1 Å². The molecule has 1 amide bonds. The predicted molar refractivity (Wildman–Crippen MR) is 68.8 cm³/mol. The van der Waals surface area contributed by atoms with Crippen LogP contribution in [0.5, 0.6) is 0 Å². The van der Waals surface area contributed by atoms with E-state index >= 15 is 0 Å². The highest BCUT2D eigenvalue weighted by molar-refractivity contribution is 6.00. The summed E-state index contributed by atoms with van der Waals surface area (Å²) in [6.45, 7) is 0. The van der Waals surface area contributed by atoms with Crippen LogP contribution in [-0.4, -0.2) is 34.1 Å². The van der Waals surface area contributed by atoms with Crippen LogP contribution in [0.1, 0.15) is 0 Å². The van der Waals surface area contributed by atoms with E-state index in [2.05, 4.69) is 5.32 Å². The van der Waals surface area contributed by atoms with Crippen LogP contribution in [0.3, 0.4) is 0 Å². The smallest absolute Gasteiger partial charge is 0.320 e. The molecule has 1 aliphatic carbocycles. The van der Waals surface area contributed by atoms with Crippen LogP contribution in [0.15, 0.2) is 30.3 Å². The summed E-state index contributed by atoms with van der Waals surface area (Å²) in [6, 6.07) is 7.16. The van der Waals surface area contributed by atoms with Gasteiger partial charge in [0.15, 0.2) is 0 Å². The van der Waals surface area contributed by atoms with Crippen molar-refractivity contribution >= 4 is 23.5 Å². The van der Waals surface area contributed by atoms with Gasteiger partial charge in [0, 0.05) is 11.6 Å². The zero-order valence-corrected chi connectivity index (χ0v) is 10.4. The van der Waals surface area contributed by atoms with Crippen molar-refractivity contribution in [2.75, 3.05) is 5.32 Å². The van der Waals surface area contributed by atoms with Gasteiger partial charge in [0.2, 0.25) is 5.91 Å². The summed E-state index contributed by atoms with van der Waals surface area (Å²) in [7, 11) is 0. The Kier molecular flexibility index (Phi) is 3.71. The van der Waals surface area contributed by atoms with Gasteiger partial charge in [-0.25, -0.2) is 0 Å². The summed E-state index contributed by atoms with van der Waals surface area (Å²) in [5, 5.41) is 20.4. The largest absolute Gasteiger partial charge is 0.481 e. The average Bonchev–Trinajstić information content (AvgIpc) is 3.14. The van der Waals surface area contributed by atoms with E-state index in [1.807, 2.05) is 0 Å². The van der Waals surface area contributed by atoms with Gasteiger partial charge in [-0.1, -0.05) is 18.2 Å². The molecule has 0 heterocycles. The molecule has 1 unspecified atom stereocenters. The fraction of sp³-hybridized carbons (Fsp3) is 0.308. The number of aliphatic carboxylic acids is 2. The van der Waals surface area contributed by atoms with E-state index in [1.54, 1.807) is 30.3 Å². The van der Waals surface area contributed by atoms with Crippen LogP contribution >= 0.6 is 0 Å². The first-order valence-electron chi connectivity index (χ1n) is 6.00. The molecule has 106 valence electrons. The molecule has 0 aliphatic heterocycles. The van der Waals surface area contributed by atoms with Gasteiger partial charge < -0.3 is 21.3 Å². The number of rotatable bonds is 5. The molecule has 1 saturated carbocycles. The summed E-state index contributed by atoms with van der Waals surface area (Å²) < 4.78 is 0. The van der Waals surface area contributed by atoms with Crippen LogP contribution in [0, 0.1) is 17.8 Å². The fourth-order valence-corrected chi connectivity index (χ4v) is 2.35. The van der Waals surface area contributed by atoms with Gasteiger partial charge in [0.25, 0.3) is 0 Å². The predicted octanol–water partition coefficient (Wildman–Crippen LogP) is -0.0162. The second-order valence-electron chi connectivity index (χ2n) is 4.69.